The first-order valence-corrected chi connectivity index (χ1v) is 7.69. The van der Waals surface area contributed by atoms with Gasteiger partial charge < -0.3 is 9.84 Å². The first kappa shape index (κ1) is 17.4. The molecule has 6 nitrogen and oxygen atoms in total. The van der Waals surface area contributed by atoms with Gasteiger partial charge in [-0.1, -0.05) is 43.6 Å². The molecular formula is C16H21ClN4O2. The monoisotopic (exact) mass is 336 g/mol. The van der Waals surface area contributed by atoms with E-state index in [2.05, 4.69) is 15.5 Å². The number of hydrogen-bond donors (Lipinski definition) is 1. The summed E-state index contributed by atoms with van der Waals surface area (Å²) in [6, 6.07) is 7.04. The second kappa shape index (κ2) is 7.10. The van der Waals surface area contributed by atoms with Crippen molar-refractivity contribution in [2.75, 3.05) is 18.9 Å². The molecule has 7 heteroatoms. The van der Waals surface area contributed by atoms with Crippen molar-refractivity contribution in [2.45, 2.75) is 32.7 Å². The van der Waals surface area contributed by atoms with Gasteiger partial charge in [-0.25, -0.2) is 0 Å². The third-order valence-corrected chi connectivity index (χ3v) is 3.28. The number of aromatic nitrogens is 2. The zero-order valence-electron chi connectivity index (χ0n) is 13.8. The minimum Gasteiger partial charge on any atom is -0.339 e. The van der Waals surface area contributed by atoms with E-state index < -0.39 is 0 Å². The van der Waals surface area contributed by atoms with Crippen LogP contribution in [0.4, 0.5) is 5.69 Å². The highest BCUT2D eigenvalue weighted by molar-refractivity contribution is 6.30. The predicted octanol–water partition coefficient (Wildman–Crippen LogP) is 3.09. The van der Waals surface area contributed by atoms with Gasteiger partial charge in [0.05, 0.1) is 13.1 Å². The maximum atomic E-state index is 12.0. The maximum Gasteiger partial charge on any atom is 0.238 e. The second-order valence-electron chi connectivity index (χ2n) is 6.50. The van der Waals surface area contributed by atoms with E-state index in [1.54, 1.807) is 24.3 Å². The molecule has 0 unspecified atom stereocenters. The molecule has 0 aliphatic rings. The Morgan fingerprint density at radius 1 is 1.39 bits per heavy atom. The maximum absolute atomic E-state index is 12.0. The van der Waals surface area contributed by atoms with E-state index in [-0.39, 0.29) is 17.9 Å². The van der Waals surface area contributed by atoms with Crippen LogP contribution in [-0.2, 0) is 16.8 Å². The molecule has 0 fully saturated rings. The van der Waals surface area contributed by atoms with Crippen LogP contribution in [0.15, 0.2) is 28.8 Å². The van der Waals surface area contributed by atoms with Crippen molar-refractivity contribution in [3.63, 3.8) is 0 Å². The Bertz CT molecular complexity index is 679. The van der Waals surface area contributed by atoms with Crippen LogP contribution >= 0.6 is 11.6 Å². The minimum absolute atomic E-state index is 0.130. The van der Waals surface area contributed by atoms with Gasteiger partial charge >= 0.3 is 0 Å². The van der Waals surface area contributed by atoms with Crippen molar-refractivity contribution in [1.29, 1.82) is 0 Å². The first-order valence-electron chi connectivity index (χ1n) is 7.31. The van der Waals surface area contributed by atoms with Crippen LogP contribution in [0.25, 0.3) is 0 Å². The van der Waals surface area contributed by atoms with Crippen LogP contribution < -0.4 is 5.32 Å². The molecule has 23 heavy (non-hydrogen) atoms. The highest BCUT2D eigenvalue weighted by Gasteiger charge is 2.22. The Labute approximate surface area is 140 Å². The Hall–Kier alpha value is -1.92. The van der Waals surface area contributed by atoms with Crippen LogP contribution in [0.3, 0.4) is 0 Å². The van der Waals surface area contributed by atoms with Crippen molar-refractivity contribution < 1.29 is 9.32 Å². The molecule has 0 atom stereocenters. The van der Waals surface area contributed by atoms with Gasteiger partial charge in [0.1, 0.15) is 0 Å². The van der Waals surface area contributed by atoms with Crippen molar-refractivity contribution in [1.82, 2.24) is 15.0 Å². The Kier molecular flexibility index (Phi) is 5.38. The molecule has 1 amide bonds. The van der Waals surface area contributed by atoms with E-state index in [0.29, 0.717) is 29.0 Å². The van der Waals surface area contributed by atoms with Crippen LogP contribution in [0.2, 0.25) is 5.02 Å². The van der Waals surface area contributed by atoms with Crippen LogP contribution in [-0.4, -0.2) is 34.5 Å². The summed E-state index contributed by atoms with van der Waals surface area (Å²) in [5.41, 5.74) is 0.485. The molecule has 124 valence electrons. The van der Waals surface area contributed by atoms with E-state index in [1.165, 1.54) is 0 Å². The number of nitrogens with zero attached hydrogens (tertiary/aromatic N) is 3. The summed E-state index contributed by atoms with van der Waals surface area (Å²) >= 11 is 5.89. The summed E-state index contributed by atoms with van der Waals surface area (Å²) in [6.07, 6.45) is 0. The van der Waals surface area contributed by atoms with Crippen LogP contribution in [0.1, 0.15) is 32.5 Å². The summed E-state index contributed by atoms with van der Waals surface area (Å²) in [6.45, 7) is 6.67. The lowest BCUT2D eigenvalue weighted by molar-refractivity contribution is -0.117. The lowest BCUT2D eigenvalue weighted by Gasteiger charge is -2.14. The summed E-state index contributed by atoms with van der Waals surface area (Å²) in [7, 11) is 1.82. The second-order valence-corrected chi connectivity index (χ2v) is 6.93. The molecule has 0 aliphatic carbocycles. The van der Waals surface area contributed by atoms with Gasteiger partial charge in [0.25, 0.3) is 0 Å². The van der Waals surface area contributed by atoms with Gasteiger partial charge in [0.2, 0.25) is 11.8 Å². The van der Waals surface area contributed by atoms with E-state index >= 15 is 0 Å². The van der Waals surface area contributed by atoms with E-state index in [4.69, 9.17) is 16.1 Å². The molecule has 1 N–H and O–H groups in total. The van der Waals surface area contributed by atoms with Crippen molar-refractivity contribution in [2.24, 2.45) is 0 Å². The number of carbonyl (C=O) groups is 1. The summed E-state index contributed by atoms with van der Waals surface area (Å²) < 4.78 is 5.24. The summed E-state index contributed by atoms with van der Waals surface area (Å²) in [5, 5.41) is 7.33. The molecule has 0 spiro atoms. The van der Waals surface area contributed by atoms with Gasteiger partial charge in [-0.3, -0.25) is 9.69 Å². The van der Waals surface area contributed by atoms with Gasteiger partial charge in [0.15, 0.2) is 5.82 Å². The predicted molar refractivity (Wildman–Crippen MR) is 89.4 cm³/mol. The van der Waals surface area contributed by atoms with E-state index in [0.717, 1.165) is 0 Å². The van der Waals surface area contributed by atoms with Crippen molar-refractivity contribution >= 4 is 23.2 Å². The average molecular weight is 337 g/mol. The number of rotatable bonds is 5. The van der Waals surface area contributed by atoms with Crippen LogP contribution in [0, 0.1) is 0 Å². The molecule has 0 radical (unpaired) electrons. The third kappa shape index (κ3) is 5.33. The number of carbonyl (C=O) groups excluding carboxylic acids is 1. The number of amides is 1. The number of likely N-dealkylation sites (N-methyl/N-ethyl adjacent to an activating group) is 1. The molecule has 0 bridgehead atoms. The van der Waals surface area contributed by atoms with Gasteiger partial charge in [0, 0.05) is 16.1 Å². The Balaban J connectivity index is 1.88. The van der Waals surface area contributed by atoms with Gasteiger partial charge in [-0.2, -0.15) is 4.98 Å². The summed E-state index contributed by atoms with van der Waals surface area (Å²) in [5.74, 6) is 1.02. The number of nitrogens with one attached hydrogen (secondary N) is 1. The van der Waals surface area contributed by atoms with Gasteiger partial charge in [-0.05, 0) is 25.2 Å². The zero-order valence-corrected chi connectivity index (χ0v) is 14.5. The topological polar surface area (TPSA) is 71.3 Å². The molecule has 1 aromatic heterocycles. The highest BCUT2D eigenvalue weighted by Crippen LogP contribution is 2.20. The Morgan fingerprint density at radius 2 is 2.13 bits per heavy atom. The molecule has 1 aromatic carbocycles. The molecule has 2 rings (SSSR count). The van der Waals surface area contributed by atoms with Crippen molar-refractivity contribution in [3.05, 3.63) is 41.0 Å². The van der Waals surface area contributed by atoms with E-state index in [1.807, 2.05) is 32.7 Å². The normalized spacial score (nSPS) is 11.7. The zero-order chi connectivity index (χ0) is 17.0. The molecule has 2 aromatic rings. The SMILES string of the molecule is CN(CC(=O)Nc1cccc(Cl)c1)Cc1noc(C(C)(C)C)n1. The molecule has 0 aliphatic heterocycles. The largest absolute Gasteiger partial charge is 0.339 e. The number of halogens is 1. The number of anilines is 1. The third-order valence-electron chi connectivity index (χ3n) is 3.04. The fourth-order valence-corrected chi connectivity index (χ4v) is 2.12. The molecule has 1 heterocycles. The molecular weight excluding hydrogens is 316 g/mol. The quantitative estimate of drug-likeness (QED) is 0.908. The highest BCUT2D eigenvalue weighted by atomic mass is 35.5. The minimum atomic E-state index is -0.187. The molecule has 0 saturated carbocycles. The lowest BCUT2D eigenvalue weighted by atomic mass is 9.97. The van der Waals surface area contributed by atoms with E-state index in [9.17, 15) is 4.79 Å². The lowest BCUT2D eigenvalue weighted by Crippen LogP contribution is -2.30. The first-order chi connectivity index (χ1) is 10.7. The van der Waals surface area contributed by atoms with Gasteiger partial charge in [-0.15, -0.1) is 0 Å². The average Bonchev–Trinajstić information content (AvgIpc) is 2.86. The summed E-state index contributed by atoms with van der Waals surface area (Å²) in [4.78, 5) is 18.2. The number of hydrogen-bond acceptors (Lipinski definition) is 5. The van der Waals surface area contributed by atoms with Crippen molar-refractivity contribution in [3.8, 4) is 0 Å². The fourth-order valence-electron chi connectivity index (χ4n) is 1.93. The standard InChI is InChI=1S/C16H21ClN4O2/c1-16(2,3)15-19-13(20-23-15)9-21(4)10-14(22)18-12-7-5-6-11(17)8-12/h5-8H,9-10H2,1-4H3,(H,18,22). The Morgan fingerprint density at radius 3 is 2.74 bits per heavy atom. The smallest absolute Gasteiger partial charge is 0.238 e. The molecule has 0 saturated heterocycles. The fraction of sp³-hybridized carbons (Fsp3) is 0.438. The number of benzene rings is 1. The van der Waals surface area contributed by atoms with Crippen LogP contribution in [0.5, 0.6) is 0 Å².